The highest BCUT2D eigenvalue weighted by Gasteiger charge is 2.19. The Balaban J connectivity index is 1.66. The van der Waals surface area contributed by atoms with Gasteiger partial charge in [0.2, 0.25) is 0 Å². The van der Waals surface area contributed by atoms with E-state index in [1.165, 1.54) is 29.1 Å². The number of hydrogen-bond acceptors (Lipinski definition) is 6. The highest BCUT2D eigenvalue weighted by Crippen LogP contribution is 2.42. The molecular weight excluding hydrogens is 683 g/mol. The molecule has 3 aromatic carbocycles. The average molecular weight is 709 g/mol. The highest BCUT2D eigenvalue weighted by atomic mass is 79.9. The number of nitrogens with zero attached hydrogens (tertiary/aromatic N) is 3. The fourth-order valence-electron chi connectivity index (χ4n) is 3.91. The van der Waals surface area contributed by atoms with Crippen LogP contribution in [0.4, 0.5) is 10.1 Å². The van der Waals surface area contributed by atoms with Crippen molar-refractivity contribution in [1.29, 1.82) is 0 Å². The van der Waals surface area contributed by atoms with Crippen LogP contribution in [0.3, 0.4) is 0 Å². The Bertz CT molecular complexity index is 1680. The fourth-order valence-corrected chi connectivity index (χ4v) is 4.93. The minimum Gasteiger partial charge on any atom is -0.490 e. The number of amides is 1. The molecule has 4 rings (SSSR count). The number of aryl methyl sites for hydroxylation is 1. The number of carbonyl (C=O) groups excluding carboxylic acids is 1. The molecule has 0 spiro atoms. The topological polar surface area (TPSA) is 94.8 Å². The monoisotopic (exact) mass is 706 g/mol. The molecule has 0 aliphatic rings. The summed E-state index contributed by atoms with van der Waals surface area (Å²) in [5.41, 5.74) is 0.837. The summed E-state index contributed by atoms with van der Waals surface area (Å²) in [6.07, 6.45) is 3.82. The van der Waals surface area contributed by atoms with Gasteiger partial charge in [0.15, 0.2) is 18.1 Å². The van der Waals surface area contributed by atoms with Gasteiger partial charge in [0.05, 0.1) is 29.4 Å². The van der Waals surface area contributed by atoms with Gasteiger partial charge in [-0.15, -0.1) is 0 Å². The minimum atomic E-state index is -0.579. The van der Waals surface area contributed by atoms with Gasteiger partial charge in [-0.2, -0.15) is 9.78 Å². The van der Waals surface area contributed by atoms with E-state index in [-0.39, 0.29) is 34.4 Å². The Morgan fingerprint density at radius 2 is 1.95 bits per heavy atom. The normalized spacial score (nSPS) is 11.3. The van der Waals surface area contributed by atoms with Gasteiger partial charge in [0.1, 0.15) is 16.7 Å². The van der Waals surface area contributed by atoms with Gasteiger partial charge >= 0.3 is 0 Å². The molecule has 12 heteroatoms. The summed E-state index contributed by atoms with van der Waals surface area (Å²) in [5.74, 6) is -0.216. The SMILES string of the molecule is CCCCc1nc2ccc(Br)cc2c(=O)n1N=Cc1cc(OCC)c(OCC(=O)Nc2ccccc2F)c(Cl)c1Br. The van der Waals surface area contributed by atoms with E-state index in [1.54, 1.807) is 31.2 Å². The van der Waals surface area contributed by atoms with Crippen molar-refractivity contribution in [2.45, 2.75) is 33.1 Å². The van der Waals surface area contributed by atoms with Crippen LogP contribution in [0.15, 0.2) is 67.4 Å². The predicted molar refractivity (Wildman–Crippen MR) is 166 cm³/mol. The van der Waals surface area contributed by atoms with Crippen molar-refractivity contribution in [2.24, 2.45) is 5.10 Å². The lowest BCUT2D eigenvalue weighted by atomic mass is 10.2. The van der Waals surface area contributed by atoms with E-state index in [9.17, 15) is 14.0 Å². The van der Waals surface area contributed by atoms with Crippen LogP contribution in [0, 0.1) is 5.82 Å². The predicted octanol–water partition coefficient (Wildman–Crippen LogP) is 7.36. The Labute approximate surface area is 257 Å². The number of carbonyl (C=O) groups is 1. The van der Waals surface area contributed by atoms with E-state index in [0.29, 0.717) is 33.2 Å². The number of anilines is 1. The number of para-hydroxylation sites is 1. The number of fused-ring (bicyclic) bond motifs is 1. The zero-order chi connectivity index (χ0) is 29.5. The molecule has 8 nitrogen and oxygen atoms in total. The van der Waals surface area contributed by atoms with E-state index < -0.39 is 18.3 Å². The van der Waals surface area contributed by atoms with Crippen molar-refractivity contribution in [1.82, 2.24) is 9.66 Å². The lowest BCUT2D eigenvalue weighted by Crippen LogP contribution is -2.22. The second-order valence-electron chi connectivity index (χ2n) is 8.83. The van der Waals surface area contributed by atoms with Gasteiger partial charge in [-0.05, 0) is 65.7 Å². The Kier molecular flexibility index (Phi) is 10.5. The summed E-state index contributed by atoms with van der Waals surface area (Å²) in [7, 11) is 0. The van der Waals surface area contributed by atoms with Crippen molar-refractivity contribution >= 4 is 72.2 Å². The van der Waals surface area contributed by atoms with E-state index >= 15 is 0 Å². The largest absolute Gasteiger partial charge is 0.490 e. The van der Waals surface area contributed by atoms with Gasteiger partial charge in [-0.1, -0.05) is 53.0 Å². The molecule has 1 N–H and O–H groups in total. The van der Waals surface area contributed by atoms with Crippen molar-refractivity contribution in [3.8, 4) is 11.5 Å². The molecule has 0 unspecified atom stereocenters. The van der Waals surface area contributed by atoms with Crippen LogP contribution >= 0.6 is 43.5 Å². The maximum Gasteiger partial charge on any atom is 0.282 e. The molecule has 0 radical (unpaired) electrons. The number of unbranched alkanes of at least 4 members (excludes halogenated alkanes) is 1. The number of nitrogens with one attached hydrogen (secondary N) is 1. The summed E-state index contributed by atoms with van der Waals surface area (Å²) in [5, 5.41) is 7.51. The second kappa shape index (κ2) is 14.1. The Morgan fingerprint density at radius 1 is 1.17 bits per heavy atom. The third kappa shape index (κ3) is 7.33. The molecular formula is C29H26Br2ClFN4O4. The van der Waals surface area contributed by atoms with Crippen LogP contribution in [0.2, 0.25) is 5.02 Å². The van der Waals surface area contributed by atoms with E-state index in [2.05, 4.69) is 54.2 Å². The van der Waals surface area contributed by atoms with E-state index in [0.717, 1.165) is 17.3 Å². The van der Waals surface area contributed by atoms with Crippen LogP contribution in [0.5, 0.6) is 11.5 Å². The molecule has 1 aromatic heterocycles. The van der Waals surface area contributed by atoms with Crippen molar-refractivity contribution in [2.75, 3.05) is 18.5 Å². The lowest BCUT2D eigenvalue weighted by molar-refractivity contribution is -0.118. The molecule has 0 aliphatic carbocycles. The molecule has 0 fully saturated rings. The quantitative estimate of drug-likeness (QED) is 0.165. The molecule has 0 saturated heterocycles. The fraction of sp³-hybridized carbons (Fsp3) is 0.241. The van der Waals surface area contributed by atoms with Gasteiger partial charge in [-0.3, -0.25) is 9.59 Å². The lowest BCUT2D eigenvalue weighted by Gasteiger charge is -2.16. The molecule has 214 valence electrons. The number of benzene rings is 3. The number of hydrogen-bond donors (Lipinski definition) is 1. The van der Waals surface area contributed by atoms with Gasteiger partial charge in [-0.25, -0.2) is 9.37 Å². The summed E-state index contributed by atoms with van der Waals surface area (Å²) >= 11 is 13.5. The highest BCUT2D eigenvalue weighted by molar-refractivity contribution is 9.10. The van der Waals surface area contributed by atoms with Gasteiger partial charge in [0, 0.05) is 20.9 Å². The molecule has 4 aromatic rings. The Hall–Kier alpha value is -3.28. The first-order valence-corrected chi connectivity index (χ1v) is 14.8. The molecule has 0 saturated carbocycles. The summed E-state index contributed by atoms with van der Waals surface area (Å²) in [6.45, 7) is 3.70. The van der Waals surface area contributed by atoms with Crippen molar-refractivity contribution in [3.63, 3.8) is 0 Å². The molecule has 41 heavy (non-hydrogen) atoms. The maximum absolute atomic E-state index is 13.9. The van der Waals surface area contributed by atoms with Crippen LogP contribution in [-0.2, 0) is 11.2 Å². The summed E-state index contributed by atoms with van der Waals surface area (Å²) < 4.78 is 27.8. The minimum absolute atomic E-state index is 0.0362. The van der Waals surface area contributed by atoms with Gasteiger partial charge < -0.3 is 14.8 Å². The first kappa shape index (κ1) is 30.7. The first-order chi connectivity index (χ1) is 19.7. The maximum atomic E-state index is 13.9. The summed E-state index contributed by atoms with van der Waals surface area (Å²) in [4.78, 5) is 30.5. The van der Waals surface area contributed by atoms with Gasteiger partial charge in [0.25, 0.3) is 11.5 Å². The smallest absolute Gasteiger partial charge is 0.282 e. The summed E-state index contributed by atoms with van der Waals surface area (Å²) in [6, 6.07) is 12.8. The van der Waals surface area contributed by atoms with E-state index in [4.69, 9.17) is 21.1 Å². The molecule has 0 aliphatic heterocycles. The molecule has 0 atom stereocenters. The van der Waals surface area contributed by atoms with Crippen molar-refractivity contribution < 1.29 is 18.7 Å². The van der Waals surface area contributed by atoms with Crippen molar-refractivity contribution in [3.05, 3.63) is 90.1 Å². The third-order valence-corrected chi connectivity index (χ3v) is 7.83. The number of aromatic nitrogens is 2. The molecule has 0 bridgehead atoms. The first-order valence-electron chi connectivity index (χ1n) is 12.8. The standard InChI is InChI=1S/C29H26Br2ClFN4O4/c1-3-5-10-24-35-21-12-11-18(30)14-19(21)29(39)37(24)34-15-17-13-23(40-4-2)28(27(32)26(17)31)41-16-25(38)36-22-9-7-6-8-20(22)33/h6-9,11-15H,3-5,10,16H2,1-2H3,(H,36,38). The van der Waals surface area contributed by atoms with E-state index in [1.807, 2.05) is 6.07 Å². The van der Waals surface area contributed by atoms with Crippen LogP contribution in [-0.4, -0.2) is 35.0 Å². The number of ether oxygens (including phenoxy) is 2. The molecule has 1 heterocycles. The average Bonchev–Trinajstić information content (AvgIpc) is 2.95. The van der Waals surface area contributed by atoms with Crippen LogP contribution in [0.25, 0.3) is 10.9 Å². The zero-order valence-electron chi connectivity index (χ0n) is 22.2. The number of halogens is 4. The Morgan fingerprint density at radius 3 is 2.68 bits per heavy atom. The second-order valence-corrected chi connectivity index (χ2v) is 10.9. The zero-order valence-corrected chi connectivity index (χ0v) is 26.1. The molecule has 1 amide bonds. The van der Waals surface area contributed by atoms with Crippen LogP contribution in [0.1, 0.15) is 38.1 Å². The third-order valence-electron chi connectivity index (χ3n) is 5.89. The van der Waals surface area contributed by atoms with Crippen LogP contribution < -0.4 is 20.3 Å². The number of rotatable bonds is 11.